The smallest absolute Gasteiger partial charge is 0.141 e. The molecule has 6 heteroatoms. The van der Waals surface area contributed by atoms with E-state index in [4.69, 9.17) is 27.9 Å². The Kier molecular flexibility index (Phi) is 5.35. The van der Waals surface area contributed by atoms with E-state index in [0.29, 0.717) is 20.8 Å². The number of hydrogen-bond acceptors (Lipinski definition) is 1. The van der Waals surface area contributed by atoms with Gasteiger partial charge in [-0.15, -0.1) is 11.6 Å². The van der Waals surface area contributed by atoms with Gasteiger partial charge in [-0.1, -0.05) is 17.7 Å². The first-order valence-electron chi connectivity index (χ1n) is 5.56. The van der Waals surface area contributed by atoms with Crippen molar-refractivity contribution in [3.8, 4) is 5.75 Å². The third-order valence-electron chi connectivity index (χ3n) is 2.78. The fourth-order valence-corrected chi connectivity index (χ4v) is 2.87. The lowest BCUT2D eigenvalue weighted by Gasteiger charge is -2.16. The van der Waals surface area contributed by atoms with Crippen LogP contribution < -0.4 is 4.74 Å². The molecule has 0 amide bonds. The molecule has 0 aliphatic heterocycles. The molecule has 0 radical (unpaired) electrons. The number of halogens is 5. The summed E-state index contributed by atoms with van der Waals surface area (Å²) in [5.74, 6) is -0.00644. The van der Waals surface area contributed by atoms with Crippen molar-refractivity contribution in [3.05, 3.63) is 61.2 Å². The third-order valence-corrected chi connectivity index (χ3v) is 5.11. The topological polar surface area (TPSA) is 9.23 Å². The Morgan fingerprint density at radius 1 is 1.15 bits per heavy atom. The predicted octanol–water partition coefficient (Wildman–Crippen LogP) is 6.34. The van der Waals surface area contributed by atoms with Crippen LogP contribution in [0.5, 0.6) is 5.75 Å². The maximum Gasteiger partial charge on any atom is 0.141 e. The Bertz CT molecular complexity index is 649. The summed E-state index contributed by atoms with van der Waals surface area (Å²) >= 11 is 19.0. The molecule has 1 atom stereocenters. The van der Waals surface area contributed by atoms with Gasteiger partial charge >= 0.3 is 0 Å². The number of methoxy groups -OCH3 is 1. The normalized spacial score (nSPS) is 12.3. The van der Waals surface area contributed by atoms with Crippen LogP contribution in [-0.4, -0.2) is 7.11 Å². The summed E-state index contributed by atoms with van der Waals surface area (Å²) in [7, 11) is 1.48. The van der Waals surface area contributed by atoms with Gasteiger partial charge in [0.1, 0.15) is 11.6 Å². The van der Waals surface area contributed by atoms with Gasteiger partial charge in [0.15, 0.2) is 0 Å². The fourth-order valence-electron chi connectivity index (χ4n) is 1.77. The van der Waals surface area contributed by atoms with Crippen molar-refractivity contribution >= 4 is 55.1 Å². The number of rotatable bonds is 3. The maximum absolute atomic E-state index is 13.5. The van der Waals surface area contributed by atoms with Crippen molar-refractivity contribution in [2.45, 2.75) is 5.38 Å². The quantitative estimate of drug-likeness (QED) is 0.504. The molecular weight excluding hydrogens is 434 g/mol. The van der Waals surface area contributed by atoms with Crippen LogP contribution in [0.2, 0.25) is 5.02 Å². The number of hydrogen-bond donors (Lipinski definition) is 0. The van der Waals surface area contributed by atoms with Crippen LogP contribution in [0.1, 0.15) is 16.5 Å². The van der Waals surface area contributed by atoms with E-state index in [1.807, 2.05) is 12.1 Å². The summed E-state index contributed by atoms with van der Waals surface area (Å²) in [6.07, 6.45) is 0. The Morgan fingerprint density at radius 3 is 2.45 bits per heavy atom. The van der Waals surface area contributed by atoms with Gasteiger partial charge in [-0.25, -0.2) is 4.39 Å². The molecular formula is C14H9Br2Cl2FO. The van der Waals surface area contributed by atoms with Crippen molar-refractivity contribution in [3.63, 3.8) is 0 Å². The Balaban J connectivity index is 2.49. The first-order chi connectivity index (χ1) is 9.43. The first-order valence-corrected chi connectivity index (χ1v) is 7.96. The Morgan fingerprint density at radius 2 is 1.85 bits per heavy atom. The molecule has 0 aliphatic rings. The molecule has 1 nitrogen and oxygen atoms in total. The highest BCUT2D eigenvalue weighted by Crippen LogP contribution is 2.39. The van der Waals surface area contributed by atoms with Crippen LogP contribution in [0.4, 0.5) is 4.39 Å². The summed E-state index contributed by atoms with van der Waals surface area (Å²) in [4.78, 5) is 0. The van der Waals surface area contributed by atoms with Gasteiger partial charge in [-0.3, -0.25) is 0 Å². The summed E-state index contributed by atoms with van der Waals surface area (Å²) in [6, 6.07) is 8.35. The molecule has 0 saturated carbocycles. The minimum atomic E-state index is -0.493. The number of ether oxygens (including phenoxy) is 1. The van der Waals surface area contributed by atoms with Crippen LogP contribution >= 0.6 is 55.1 Å². The predicted molar refractivity (Wildman–Crippen MR) is 87.5 cm³/mol. The molecule has 0 aliphatic carbocycles. The van der Waals surface area contributed by atoms with Gasteiger partial charge in [0.25, 0.3) is 0 Å². The lowest BCUT2D eigenvalue weighted by atomic mass is 10.0. The molecule has 0 N–H and O–H groups in total. The molecule has 0 saturated heterocycles. The van der Waals surface area contributed by atoms with E-state index in [2.05, 4.69) is 31.9 Å². The number of alkyl halides is 1. The molecule has 2 aromatic rings. The molecule has 0 aromatic heterocycles. The van der Waals surface area contributed by atoms with Crippen molar-refractivity contribution in [2.75, 3.05) is 7.11 Å². The summed E-state index contributed by atoms with van der Waals surface area (Å²) in [5, 5.41) is 0.0701. The van der Waals surface area contributed by atoms with E-state index in [-0.39, 0.29) is 0 Å². The summed E-state index contributed by atoms with van der Waals surface area (Å²) in [5.41, 5.74) is 1.47. The van der Waals surface area contributed by atoms with Crippen LogP contribution in [0.3, 0.4) is 0 Å². The molecule has 1 unspecified atom stereocenters. The van der Waals surface area contributed by atoms with Crippen LogP contribution in [-0.2, 0) is 0 Å². The van der Waals surface area contributed by atoms with Crippen molar-refractivity contribution in [1.29, 1.82) is 0 Å². The molecule has 2 rings (SSSR count). The molecule has 2 aromatic carbocycles. The first kappa shape index (κ1) is 16.1. The fraction of sp³-hybridized carbons (Fsp3) is 0.143. The largest absolute Gasteiger partial charge is 0.496 e. The third kappa shape index (κ3) is 3.30. The monoisotopic (exact) mass is 440 g/mol. The summed E-state index contributed by atoms with van der Waals surface area (Å²) in [6.45, 7) is 0. The van der Waals surface area contributed by atoms with Crippen molar-refractivity contribution in [2.24, 2.45) is 0 Å². The van der Waals surface area contributed by atoms with Gasteiger partial charge in [0.05, 0.1) is 22.0 Å². The average molecular weight is 443 g/mol. The SMILES string of the molecule is COc1cc(F)c(Br)cc1C(Cl)c1ccc(Br)c(Cl)c1. The van der Waals surface area contributed by atoms with E-state index in [0.717, 1.165) is 10.0 Å². The standard InChI is InChI=1S/C14H9Br2Cl2FO/c1-20-13-6-12(19)10(16)5-8(13)14(18)7-2-3-9(15)11(17)4-7/h2-6,14H,1H3. The lowest BCUT2D eigenvalue weighted by molar-refractivity contribution is 0.406. The van der Waals surface area contributed by atoms with E-state index in [9.17, 15) is 4.39 Å². The molecule has 0 fully saturated rings. The zero-order valence-corrected chi connectivity index (χ0v) is 14.9. The zero-order valence-electron chi connectivity index (χ0n) is 10.3. The highest BCUT2D eigenvalue weighted by Gasteiger charge is 2.19. The average Bonchev–Trinajstić information content (AvgIpc) is 2.43. The van der Waals surface area contributed by atoms with Gasteiger partial charge in [0, 0.05) is 16.1 Å². The van der Waals surface area contributed by atoms with E-state index in [1.165, 1.54) is 13.2 Å². The van der Waals surface area contributed by atoms with Crippen molar-refractivity contribution < 1.29 is 9.13 Å². The molecule has 0 bridgehead atoms. The van der Waals surface area contributed by atoms with Crippen LogP contribution in [0, 0.1) is 5.82 Å². The van der Waals surface area contributed by atoms with Crippen LogP contribution in [0.25, 0.3) is 0 Å². The highest BCUT2D eigenvalue weighted by atomic mass is 79.9. The molecule has 20 heavy (non-hydrogen) atoms. The van der Waals surface area contributed by atoms with Gasteiger partial charge in [0.2, 0.25) is 0 Å². The second-order valence-corrected chi connectivity index (χ2v) is 6.60. The van der Waals surface area contributed by atoms with Gasteiger partial charge in [-0.05, 0) is 55.6 Å². The number of benzene rings is 2. The molecule has 106 valence electrons. The second-order valence-electron chi connectivity index (χ2n) is 4.04. The van der Waals surface area contributed by atoms with Gasteiger partial charge in [-0.2, -0.15) is 0 Å². The van der Waals surface area contributed by atoms with E-state index < -0.39 is 11.2 Å². The van der Waals surface area contributed by atoms with E-state index in [1.54, 1.807) is 12.1 Å². The zero-order chi connectivity index (χ0) is 14.9. The minimum Gasteiger partial charge on any atom is -0.496 e. The Labute approximate surface area is 143 Å². The highest BCUT2D eigenvalue weighted by molar-refractivity contribution is 9.10. The van der Waals surface area contributed by atoms with E-state index >= 15 is 0 Å². The van der Waals surface area contributed by atoms with Crippen LogP contribution in [0.15, 0.2) is 39.3 Å². The Hall–Kier alpha value is -0.290. The summed E-state index contributed by atoms with van der Waals surface area (Å²) < 4.78 is 19.8. The lowest BCUT2D eigenvalue weighted by Crippen LogP contribution is -1.99. The molecule has 0 heterocycles. The van der Waals surface area contributed by atoms with Gasteiger partial charge < -0.3 is 4.74 Å². The van der Waals surface area contributed by atoms with Crippen molar-refractivity contribution in [1.82, 2.24) is 0 Å². The minimum absolute atomic E-state index is 0.335. The maximum atomic E-state index is 13.5. The molecule has 0 spiro atoms. The second kappa shape index (κ2) is 6.65.